The van der Waals surface area contributed by atoms with Gasteiger partial charge in [-0.3, -0.25) is 0 Å². The number of hydrogen-bond acceptors (Lipinski definition) is 4. The van der Waals surface area contributed by atoms with Gasteiger partial charge in [0.25, 0.3) is 0 Å². The van der Waals surface area contributed by atoms with E-state index in [9.17, 15) is 57.1 Å². The van der Waals surface area contributed by atoms with Crippen LogP contribution in [0.3, 0.4) is 0 Å². The smallest absolute Gasteiger partial charge is 0.134 e. The highest BCUT2D eigenvalue weighted by molar-refractivity contribution is 5.74. The lowest BCUT2D eigenvalue weighted by molar-refractivity contribution is -0.0575. The van der Waals surface area contributed by atoms with Gasteiger partial charge in [-0.05, 0) is 312 Å². The maximum atomic E-state index is 14.9. The molecule has 1 aliphatic carbocycles. The molecule has 640 valence electrons. The van der Waals surface area contributed by atoms with Gasteiger partial charge in [0.15, 0.2) is 0 Å². The lowest BCUT2D eigenvalue weighted by atomic mass is 9.75. The summed E-state index contributed by atoms with van der Waals surface area (Å²) in [7, 11) is 0. The molecule has 0 amide bonds. The van der Waals surface area contributed by atoms with Gasteiger partial charge >= 0.3 is 0 Å². The van der Waals surface area contributed by atoms with E-state index in [1.807, 2.05) is 54.6 Å². The molecule has 0 spiro atoms. The van der Waals surface area contributed by atoms with Gasteiger partial charge in [0.1, 0.15) is 75.6 Å². The summed E-state index contributed by atoms with van der Waals surface area (Å²) >= 11 is 0. The molecule has 120 heavy (non-hydrogen) atoms. The molecule has 15 rings (SSSR count). The molecule has 0 N–H and O–H groups in total. The van der Waals surface area contributed by atoms with Crippen molar-refractivity contribution in [3.8, 4) is 66.8 Å². The summed E-state index contributed by atoms with van der Waals surface area (Å²) in [6.45, 7) is 17.4. The van der Waals surface area contributed by atoms with Crippen LogP contribution in [0.2, 0.25) is 0 Å². The average molecular weight is 1660 g/mol. The van der Waals surface area contributed by atoms with Gasteiger partial charge < -0.3 is 18.9 Å². The molecule has 1 saturated carbocycles. The van der Waals surface area contributed by atoms with Crippen LogP contribution in [0.25, 0.3) is 66.8 Å². The van der Waals surface area contributed by atoms with E-state index in [-0.39, 0.29) is 86.9 Å². The lowest BCUT2D eigenvalue weighted by Gasteiger charge is -2.38. The predicted octanol–water partition coefficient (Wildman–Crippen LogP) is 31.1. The molecule has 5 fully saturated rings. The van der Waals surface area contributed by atoms with Gasteiger partial charge in [-0.25, -0.2) is 57.1 Å². The van der Waals surface area contributed by atoms with Crippen molar-refractivity contribution < 1.29 is 76.0 Å². The van der Waals surface area contributed by atoms with Crippen molar-refractivity contribution in [1.82, 2.24) is 0 Å². The Kier molecular flexibility index (Phi) is 32.7. The molecule has 10 aromatic rings. The maximum absolute atomic E-state index is 14.9. The molecule has 4 heterocycles. The van der Waals surface area contributed by atoms with Gasteiger partial charge in [0, 0.05) is 45.6 Å². The Bertz CT molecular complexity index is 4930. The Morgan fingerprint density at radius 3 is 0.867 bits per heavy atom. The Labute approximate surface area is 700 Å². The first-order valence-corrected chi connectivity index (χ1v) is 42.7. The fraction of sp³-hybridized carbons (Fsp3) is 0.417. The van der Waals surface area contributed by atoms with Crippen LogP contribution < -0.4 is 0 Å². The number of rotatable bonds is 19. The van der Waals surface area contributed by atoms with E-state index >= 15 is 0 Å². The number of benzene rings is 10. The first kappa shape index (κ1) is 91.9. The monoisotopic (exact) mass is 1660 g/mol. The van der Waals surface area contributed by atoms with E-state index in [0.29, 0.717) is 59.0 Å². The quantitative estimate of drug-likeness (QED) is 0.0756. The molecular weight excluding hydrogens is 1550 g/mol. The summed E-state index contributed by atoms with van der Waals surface area (Å²) in [5, 5.41) is 0. The van der Waals surface area contributed by atoms with Crippen molar-refractivity contribution >= 4 is 0 Å². The van der Waals surface area contributed by atoms with Crippen LogP contribution in [0.1, 0.15) is 232 Å². The highest BCUT2D eigenvalue weighted by Gasteiger charge is 2.34. The summed E-state index contributed by atoms with van der Waals surface area (Å²) in [4.78, 5) is 0. The largest absolute Gasteiger partial charge is 0.378 e. The molecule has 4 saturated heterocycles. The van der Waals surface area contributed by atoms with Gasteiger partial charge in [-0.1, -0.05) is 146 Å². The van der Waals surface area contributed by atoms with Crippen LogP contribution in [-0.2, 0) is 18.9 Å². The van der Waals surface area contributed by atoms with Crippen LogP contribution >= 0.6 is 0 Å². The first-order chi connectivity index (χ1) is 57.3. The van der Waals surface area contributed by atoms with Crippen LogP contribution in [0.5, 0.6) is 0 Å². The van der Waals surface area contributed by atoms with Crippen molar-refractivity contribution in [1.29, 1.82) is 0 Å². The molecule has 8 unspecified atom stereocenters. The second-order valence-corrected chi connectivity index (χ2v) is 33.4. The Hall–Kier alpha value is -8.87. The van der Waals surface area contributed by atoms with Gasteiger partial charge in [-0.15, -0.1) is 0 Å². The van der Waals surface area contributed by atoms with Gasteiger partial charge in [-0.2, -0.15) is 0 Å². The van der Waals surface area contributed by atoms with Crippen molar-refractivity contribution in [2.24, 2.45) is 29.6 Å². The molecule has 4 aliphatic heterocycles. The second kappa shape index (κ2) is 42.8. The topological polar surface area (TPSA) is 36.9 Å². The van der Waals surface area contributed by atoms with Crippen LogP contribution in [0.15, 0.2) is 164 Å². The summed E-state index contributed by atoms with van der Waals surface area (Å²) in [6.07, 6.45) is 23.0. The highest BCUT2D eigenvalue weighted by Crippen LogP contribution is 2.44. The van der Waals surface area contributed by atoms with E-state index < -0.39 is 81.2 Å². The number of ether oxygens (including phenoxy) is 4. The maximum Gasteiger partial charge on any atom is 0.134 e. The first-order valence-electron chi connectivity index (χ1n) is 42.7. The highest BCUT2D eigenvalue weighted by atomic mass is 19.2. The number of halogens is 13. The van der Waals surface area contributed by atoms with Crippen molar-refractivity contribution in [3.63, 3.8) is 0 Å². The van der Waals surface area contributed by atoms with Crippen LogP contribution in [0.4, 0.5) is 57.1 Å². The zero-order valence-corrected chi connectivity index (χ0v) is 69.4. The Balaban J connectivity index is 0.000000157. The minimum Gasteiger partial charge on any atom is -0.378 e. The van der Waals surface area contributed by atoms with E-state index in [1.54, 1.807) is 36.4 Å². The van der Waals surface area contributed by atoms with Crippen molar-refractivity contribution in [2.45, 2.75) is 222 Å². The summed E-state index contributed by atoms with van der Waals surface area (Å²) in [6, 6.07) is 41.5. The third-order valence-electron chi connectivity index (χ3n) is 25.0. The average Bonchev–Trinajstić information content (AvgIpc) is 0.756. The summed E-state index contributed by atoms with van der Waals surface area (Å²) in [5.41, 5.74) is 6.85. The van der Waals surface area contributed by atoms with Crippen LogP contribution in [-0.4, -0.2) is 32.5 Å². The SMILES string of the molecule is C.CCCC1CCC(C2CCC(c3ccc(-c4cc(F)c(C)c(F)c4)c(F)c3)CC2)OC1.CCCC1CCC(c2ccc(-c3cc(F)c(-c4cc(F)c(C)c(F)c4)c(F)c3)cc2)OC1.CCCC1CCC(c2ccc(-c3cc(F)c(C)c(F)c3)c(F)c2)OC1.CCCC1CCC(c2ccc(-c3ccc(-c4cc(F)c(C)c(F)c4)c(F)c3)cc2)OC1. The van der Waals surface area contributed by atoms with E-state index in [1.165, 1.54) is 140 Å². The number of hydrogen-bond donors (Lipinski definition) is 0. The molecule has 0 aromatic heterocycles. The van der Waals surface area contributed by atoms with Gasteiger partial charge in [0.2, 0.25) is 0 Å². The zero-order valence-electron chi connectivity index (χ0n) is 69.4. The minimum atomic E-state index is -0.871. The fourth-order valence-corrected chi connectivity index (χ4v) is 17.7. The molecule has 17 heteroatoms. The molecule has 5 aliphatic rings. The molecule has 4 nitrogen and oxygen atoms in total. The second-order valence-electron chi connectivity index (χ2n) is 33.4. The third-order valence-corrected chi connectivity index (χ3v) is 25.0. The molecule has 0 bridgehead atoms. The standard InChI is InChI=1S/C27H26F4O.C27H33F3O.C27H27F3O.C21H23F3O.CH4/c1-3-4-17-5-10-26(32-15-17)19-8-6-18(7-9-19)20-11-24(30)27(25(31)12-20)21-13-22(28)16(2)23(29)14-21;2*1-3-4-18-5-12-27(31-16-18)20-8-6-19(7-9-20)21-10-11-23(26(30)13-21)22-14-24(28)17(2)25(29)15-22;1-3-4-14-5-8-21(25-12-14)15-6-7-17(20(24)9-15)16-10-18(22)13(2)19(23)11-16;/h6-9,11-14,17,26H,3-5,10,15H2,1-2H3;10-11,13-15,18-20,27H,3-9,12,16H2,1-2H3;6-11,13-15,18,27H,3-5,12,16H2,1-2H3;6-7,9-11,14,21H,3-5,8,12H2,1-2H3;1H4. The Morgan fingerprint density at radius 2 is 0.533 bits per heavy atom. The van der Waals surface area contributed by atoms with Crippen molar-refractivity contribution in [2.75, 3.05) is 26.4 Å². The lowest BCUT2D eigenvalue weighted by Crippen LogP contribution is -2.34. The van der Waals surface area contributed by atoms with E-state index in [2.05, 4.69) is 27.7 Å². The minimum absolute atomic E-state index is 0. The summed E-state index contributed by atoms with van der Waals surface area (Å²) in [5.74, 6) is -5.29. The zero-order chi connectivity index (χ0) is 84.7. The molecular formula is C103H113F13O4. The molecule has 0 radical (unpaired) electrons. The van der Waals surface area contributed by atoms with E-state index in [0.717, 1.165) is 143 Å². The van der Waals surface area contributed by atoms with E-state index in [4.69, 9.17) is 18.9 Å². The van der Waals surface area contributed by atoms with Gasteiger partial charge in [0.05, 0.1) is 49.8 Å². The fourth-order valence-electron chi connectivity index (χ4n) is 17.7. The van der Waals surface area contributed by atoms with Crippen LogP contribution in [0, 0.1) is 133 Å². The Morgan fingerprint density at radius 1 is 0.250 bits per heavy atom. The normalized spacial score (nSPS) is 21.1. The molecule has 8 atom stereocenters. The summed E-state index contributed by atoms with van der Waals surface area (Å²) < 4.78 is 209. The predicted molar refractivity (Wildman–Crippen MR) is 455 cm³/mol. The van der Waals surface area contributed by atoms with Crippen molar-refractivity contribution in [3.05, 3.63) is 284 Å². The molecule has 10 aromatic carbocycles. The third kappa shape index (κ3) is 22.9.